The molecule has 4 aromatic rings. The van der Waals surface area contributed by atoms with Gasteiger partial charge in [0.2, 0.25) is 0 Å². The number of rotatable bonds is 8. The van der Waals surface area contributed by atoms with Gasteiger partial charge in [-0.2, -0.15) is 5.26 Å². The van der Waals surface area contributed by atoms with Crippen molar-refractivity contribution >= 4 is 56.5 Å². The topological polar surface area (TPSA) is 140 Å². The van der Waals surface area contributed by atoms with Gasteiger partial charge in [0.25, 0.3) is 11.8 Å². The third-order valence-electron chi connectivity index (χ3n) is 9.56. The van der Waals surface area contributed by atoms with E-state index in [2.05, 4.69) is 26.6 Å². The third kappa shape index (κ3) is 6.90. The van der Waals surface area contributed by atoms with Crippen LogP contribution in [0.3, 0.4) is 0 Å². The lowest BCUT2D eigenvalue weighted by molar-refractivity contribution is -0.128. The van der Waals surface area contributed by atoms with Crippen molar-refractivity contribution in [3.8, 4) is 17.6 Å². The number of hydrogen-bond acceptors (Lipinski definition) is 9. The first-order chi connectivity index (χ1) is 24.6. The van der Waals surface area contributed by atoms with Gasteiger partial charge in [-0.15, -0.1) is 11.3 Å². The van der Waals surface area contributed by atoms with Crippen molar-refractivity contribution in [2.45, 2.75) is 45.2 Å². The van der Waals surface area contributed by atoms with E-state index in [0.29, 0.717) is 76.3 Å². The molecule has 12 nitrogen and oxygen atoms in total. The summed E-state index contributed by atoms with van der Waals surface area (Å²) in [6.45, 7) is 9.35. The monoisotopic (exact) mass is 705 g/mol. The van der Waals surface area contributed by atoms with E-state index >= 15 is 0 Å². The largest absolute Gasteiger partial charge is 0.457 e. The number of nitrogens with zero attached hydrogens (tertiary/aromatic N) is 5. The van der Waals surface area contributed by atoms with Gasteiger partial charge in [0, 0.05) is 44.0 Å². The maximum atomic E-state index is 13.8. The van der Waals surface area contributed by atoms with Gasteiger partial charge in [-0.1, -0.05) is 18.2 Å². The number of benzene rings is 2. The minimum Gasteiger partial charge on any atom is -0.457 e. The Bertz CT molecular complexity index is 2070. The number of carbonyl (C=O) groups excluding carboxylic acids is 3. The number of hydrogen-bond donors (Lipinski definition) is 2. The van der Waals surface area contributed by atoms with Crippen LogP contribution in [0.4, 0.5) is 21.9 Å². The summed E-state index contributed by atoms with van der Waals surface area (Å²) in [5, 5.41) is 16.7. The van der Waals surface area contributed by atoms with Gasteiger partial charge >= 0.3 is 6.03 Å². The maximum Gasteiger partial charge on any atom is 0.331 e. The minimum atomic E-state index is -0.498. The average Bonchev–Trinajstić information content (AvgIpc) is 3.51. The van der Waals surface area contributed by atoms with E-state index in [1.165, 1.54) is 11.3 Å². The van der Waals surface area contributed by atoms with Gasteiger partial charge in [-0.25, -0.2) is 9.78 Å². The fourth-order valence-electron chi connectivity index (χ4n) is 6.98. The number of amides is 4. The molecule has 5 heterocycles. The number of aromatic nitrogens is 1. The number of aryl methyl sites for hydroxylation is 1. The Morgan fingerprint density at radius 2 is 1.88 bits per heavy atom. The SMILES string of the molecule is Cc1cc(Oc2ccccc2)ccc1N1C(=O)Nc2c(C(=O)N[C@@H]3CCCN(C(=O)/C(C#N)=C/C(C)(C)N4CCOCC4)C3)sc3nccc1c23. The van der Waals surface area contributed by atoms with Gasteiger partial charge in [-0.05, 0) is 81.7 Å². The van der Waals surface area contributed by atoms with Crippen LogP contribution < -0.4 is 20.3 Å². The van der Waals surface area contributed by atoms with Crippen LogP contribution in [0.1, 0.15) is 41.9 Å². The molecule has 2 saturated heterocycles. The van der Waals surface area contributed by atoms with Gasteiger partial charge < -0.3 is 25.0 Å². The number of pyridine rings is 1. The van der Waals surface area contributed by atoms with Gasteiger partial charge in [-0.3, -0.25) is 19.4 Å². The number of nitrogens with one attached hydrogen (secondary N) is 2. The summed E-state index contributed by atoms with van der Waals surface area (Å²) < 4.78 is 11.5. The highest BCUT2D eigenvalue weighted by Gasteiger charge is 2.35. The Labute approximate surface area is 300 Å². The van der Waals surface area contributed by atoms with E-state index in [1.54, 1.807) is 28.1 Å². The number of likely N-dealkylation sites (tertiary alicyclic amines) is 1. The lowest BCUT2D eigenvalue weighted by Gasteiger charge is -2.39. The number of morpholine rings is 1. The number of nitriles is 1. The Hall–Kier alpha value is -5.29. The molecule has 2 fully saturated rings. The molecular weight excluding hydrogens is 667 g/mol. The number of carbonyl (C=O) groups is 3. The number of urea groups is 1. The molecular formula is C38H39N7O5S. The number of thiophene rings is 1. The number of piperidine rings is 1. The molecule has 7 rings (SSSR count). The van der Waals surface area contributed by atoms with Gasteiger partial charge in [0.1, 0.15) is 32.8 Å². The standard InChI is InChI=1S/C38H39N7O5S/c1-24-20-28(50-27-9-5-4-6-10-27)11-12-29(24)45-30-13-14-40-35-31(30)32(42-37(45)48)33(51-35)34(46)41-26-8-7-15-43(23-26)36(47)25(22-39)21-38(2,3)44-16-18-49-19-17-44/h4-6,9-14,20-21,26H,7-8,15-19,23H2,1-3H3,(H,41,46)(H,42,48)/b25-21+/t26-/m1/s1. The van der Waals surface area contributed by atoms with Crippen LogP contribution >= 0.6 is 11.3 Å². The first-order valence-corrected chi connectivity index (χ1v) is 17.9. The number of anilines is 3. The quantitative estimate of drug-likeness (QED) is 0.159. The van der Waals surface area contributed by atoms with Crippen LogP contribution in [0, 0.1) is 18.3 Å². The van der Waals surface area contributed by atoms with E-state index in [-0.39, 0.29) is 30.0 Å². The van der Waals surface area contributed by atoms with Crippen LogP contribution in [-0.2, 0) is 9.53 Å². The molecule has 4 amide bonds. The lowest BCUT2D eigenvalue weighted by atomic mass is 9.97. The second-order valence-electron chi connectivity index (χ2n) is 13.4. The van der Waals surface area contributed by atoms with Crippen LogP contribution in [-0.4, -0.2) is 83.6 Å². The number of ether oxygens (including phenoxy) is 2. The molecule has 3 aliphatic rings. The molecule has 2 aromatic heterocycles. The van der Waals surface area contributed by atoms with Crippen LogP contribution in [0.15, 0.2) is 72.4 Å². The molecule has 2 N–H and O–H groups in total. The molecule has 0 aliphatic carbocycles. The molecule has 51 heavy (non-hydrogen) atoms. The Morgan fingerprint density at radius 1 is 1.10 bits per heavy atom. The predicted octanol–water partition coefficient (Wildman–Crippen LogP) is 6.36. The van der Waals surface area contributed by atoms with Crippen LogP contribution in [0.5, 0.6) is 11.5 Å². The second kappa shape index (κ2) is 14.1. The van der Waals surface area contributed by atoms with Crippen molar-refractivity contribution in [1.29, 1.82) is 5.26 Å². The Balaban J connectivity index is 1.08. The molecule has 1 atom stereocenters. The minimum absolute atomic E-state index is 0.0897. The van der Waals surface area contributed by atoms with E-state index in [0.717, 1.165) is 18.7 Å². The van der Waals surface area contributed by atoms with Gasteiger partial charge in [0.05, 0.1) is 35.7 Å². The zero-order chi connectivity index (χ0) is 35.7. The van der Waals surface area contributed by atoms with E-state index in [9.17, 15) is 19.6 Å². The van der Waals surface area contributed by atoms with Crippen molar-refractivity contribution in [1.82, 2.24) is 20.1 Å². The maximum absolute atomic E-state index is 13.8. The highest BCUT2D eigenvalue weighted by molar-refractivity contribution is 7.21. The summed E-state index contributed by atoms with van der Waals surface area (Å²) in [5.74, 6) is 0.667. The Morgan fingerprint density at radius 3 is 2.63 bits per heavy atom. The second-order valence-corrected chi connectivity index (χ2v) is 14.4. The van der Waals surface area contributed by atoms with Crippen molar-refractivity contribution in [3.63, 3.8) is 0 Å². The number of para-hydroxylation sites is 1. The molecule has 0 spiro atoms. The first-order valence-electron chi connectivity index (χ1n) is 17.0. The summed E-state index contributed by atoms with van der Waals surface area (Å²) >= 11 is 1.21. The molecule has 0 saturated carbocycles. The lowest BCUT2D eigenvalue weighted by Crippen LogP contribution is -2.51. The zero-order valence-electron chi connectivity index (χ0n) is 28.8. The summed E-state index contributed by atoms with van der Waals surface area (Å²) in [7, 11) is 0. The first kappa shape index (κ1) is 34.2. The third-order valence-corrected chi connectivity index (χ3v) is 10.7. The summed E-state index contributed by atoms with van der Waals surface area (Å²) in [6, 6.07) is 18.2. The van der Waals surface area contributed by atoms with E-state index in [1.807, 2.05) is 69.3 Å². The van der Waals surface area contributed by atoms with Crippen molar-refractivity contribution < 1.29 is 23.9 Å². The van der Waals surface area contributed by atoms with Crippen molar-refractivity contribution in [3.05, 3.63) is 82.9 Å². The Kier molecular flexibility index (Phi) is 9.48. The zero-order valence-corrected chi connectivity index (χ0v) is 29.6. The molecule has 13 heteroatoms. The molecule has 262 valence electrons. The molecule has 0 radical (unpaired) electrons. The van der Waals surface area contributed by atoms with Gasteiger partial charge in [0.15, 0.2) is 0 Å². The van der Waals surface area contributed by atoms with E-state index < -0.39 is 11.6 Å². The summed E-state index contributed by atoms with van der Waals surface area (Å²) in [4.78, 5) is 52.1. The highest BCUT2D eigenvalue weighted by Crippen LogP contribution is 2.46. The fraction of sp³-hybridized carbons (Fsp3) is 0.342. The highest BCUT2D eigenvalue weighted by atomic mass is 32.1. The summed E-state index contributed by atoms with van der Waals surface area (Å²) in [6.07, 6.45) is 4.73. The smallest absolute Gasteiger partial charge is 0.331 e. The van der Waals surface area contributed by atoms with Crippen molar-refractivity contribution in [2.24, 2.45) is 0 Å². The molecule has 2 aromatic carbocycles. The summed E-state index contributed by atoms with van der Waals surface area (Å²) in [5.41, 5.74) is 2.14. The van der Waals surface area contributed by atoms with Crippen molar-refractivity contribution in [2.75, 3.05) is 49.6 Å². The van der Waals surface area contributed by atoms with E-state index in [4.69, 9.17) is 9.47 Å². The fourth-order valence-corrected chi connectivity index (χ4v) is 8.00. The average molecular weight is 706 g/mol. The molecule has 0 bridgehead atoms. The predicted molar refractivity (Wildman–Crippen MR) is 196 cm³/mol. The molecule has 3 aliphatic heterocycles. The van der Waals surface area contributed by atoms with Crippen LogP contribution in [0.25, 0.3) is 10.2 Å². The molecule has 0 unspecified atom stereocenters. The van der Waals surface area contributed by atoms with Crippen LogP contribution in [0.2, 0.25) is 0 Å². The normalized spacial score (nSPS) is 18.3.